The molecule has 0 aliphatic carbocycles. The van der Waals surface area contributed by atoms with Gasteiger partial charge < -0.3 is 11.1 Å². The quantitative estimate of drug-likeness (QED) is 0.808. The van der Waals surface area contributed by atoms with Gasteiger partial charge in [0.15, 0.2) is 0 Å². The van der Waals surface area contributed by atoms with Crippen LogP contribution in [0.5, 0.6) is 0 Å². The second-order valence-corrected chi connectivity index (χ2v) is 3.46. The van der Waals surface area contributed by atoms with Gasteiger partial charge in [-0.3, -0.25) is 4.98 Å². The van der Waals surface area contributed by atoms with Crippen molar-refractivity contribution in [2.45, 2.75) is 13.5 Å². The number of nitrogens with one attached hydrogen (secondary N) is 1. The van der Waals surface area contributed by atoms with Gasteiger partial charge in [-0.15, -0.1) is 0 Å². The molecule has 0 saturated heterocycles. The molecule has 0 amide bonds. The Morgan fingerprint density at radius 3 is 2.94 bits per heavy atom. The Morgan fingerprint density at radius 2 is 2.19 bits per heavy atom. The van der Waals surface area contributed by atoms with Crippen molar-refractivity contribution in [1.82, 2.24) is 15.0 Å². The third-order valence-electron chi connectivity index (χ3n) is 2.25. The summed E-state index contributed by atoms with van der Waals surface area (Å²) in [6, 6.07) is 3.62. The molecule has 5 nitrogen and oxygen atoms in total. The summed E-state index contributed by atoms with van der Waals surface area (Å²) in [5.74, 6) is 1.00. The summed E-state index contributed by atoms with van der Waals surface area (Å²) >= 11 is 0. The second kappa shape index (κ2) is 4.57. The Bertz CT molecular complexity index is 483. The molecule has 0 bridgehead atoms. The molecule has 2 heterocycles. The van der Waals surface area contributed by atoms with Gasteiger partial charge in [-0.1, -0.05) is 0 Å². The first-order chi connectivity index (χ1) is 7.75. The summed E-state index contributed by atoms with van der Waals surface area (Å²) in [5.41, 5.74) is 7.86. The molecule has 0 spiro atoms. The summed E-state index contributed by atoms with van der Waals surface area (Å²) in [5, 5.41) is 3.11. The van der Waals surface area contributed by atoms with Crippen molar-refractivity contribution >= 4 is 11.8 Å². The van der Waals surface area contributed by atoms with Crippen molar-refractivity contribution in [3.05, 3.63) is 41.9 Å². The molecule has 2 aromatic heterocycles. The summed E-state index contributed by atoms with van der Waals surface area (Å²) in [7, 11) is 0. The van der Waals surface area contributed by atoms with Gasteiger partial charge in [-0.25, -0.2) is 4.98 Å². The number of hydrogen-bond donors (Lipinski definition) is 2. The van der Waals surface area contributed by atoms with Crippen LogP contribution in [0.4, 0.5) is 11.8 Å². The highest BCUT2D eigenvalue weighted by molar-refractivity contribution is 5.36. The van der Waals surface area contributed by atoms with Crippen molar-refractivity contribution in [2.75, 3.05) is 11.1 Å². The number of nitrogen functional groups attached to an aromatic ring is 1. The molecular formula is C11H13N5. The number of aryl methyl sites for hydroxylation is 1. The fraction of sp³-hybridized carbons (Fsp3) is 0.182. The summed E-state index contributed by atoms with van der Waals surface area (Å²) in [4.78, 5) is 12.2. The molecule has 0 fully saturated rings. The molecule has 0 aliphatic rings. The minimum atomic E-state index is 0.462. The van der Waals surface area contributed by atoms with Gasteiger partial charge in [-0.2, -0.15) is 4.98 Å². The minimum Gasteiger partial charge on any atom is -0.384 e. The minimum absolute atomic E-state index is 0.462. The van der Waals surface area contributed by atoms with Crippen LogP contribution in [-0.4, -0.2) is 15.0 Å². The van der Waals surface area contributed by atoms with Gasteiger partial charge in [-0.05, 0) is 30.2 Å². The van der Waals surface area contributed by atoms with Crippen LogP contribution in [0.1, 0.15) is 11.1 Å². The molecule has 2 rings (SSSR count). The zero-order valence-electron chi connectivity index (χ0n) is 9.01. The van der Waals surface area contributed by atoms with Crippen LogP contribution >= 0.6 is 0 Å². The molecule has 2 aromatic rings. The maximum Gasteiger partial charge on any atom is 0.224 e. The van der Waals surface area contributed by atoms with E-state index in [9.17, 15) is 0 Å². The normalized spacial score (nSPS) is 10.1. The number of anilines is 2. The second-order valence-electron chi connectivity index (χ2n) is 3.46. The van der Waals surface area contributed by atoms with Gasteiger partial charge in [0.2, 0.25) is 5.95 Å². The summed E-state index contributed by atoms with van der Waals surface area (Å²) in [6.07, 6.45) is 5.23. The fourth-order valence-electron chi connectivity index (χ4n) is 1.33. The average Bonchev–Trinajstić information content (AvgIpc) is 2.28. The molecule has 0 saturated carbocycles. The Morgan fingerprint density at radius 1 is 1.31 bits per heavy atom. The Labute approximate surface area is 93.8 Å². The highest BCUT2D eigenvalue weighted by Crippen LogP contribution is 2.08. The van der Waals surface area contributed by atoms with E-state index in [0.717, 1.165) is 5.56 Å². The predicted octanol–water partition coefficient (Wildman–Crippen LogP) is 1.37. The van der Waals surface area contributed by atoms with Crippen molar-refractivity contribution < 1.29 is 0 Å². The van der Waals surface area contributed by atoms with E-state index in [1.807, 2.05) is 19.2 Å². The third-order valence-corrected chi connectivity index (χ3v) is 2.25. The number of nitrogens with zero attached hydrogens (tertiary/aromatic N) is 3. The lowest BCUT2D eigenvalue weighted by Crippen LogP contribution is -2.05. The molecular weight excluding hydrogens is 202 g/mol. The molecule has 82 valence electrons. The Kier molecular flexibility index (Phi) is 2.95. The number of pyridine rings is 1. The fourth-order valence-corrected chi connectivity index (χ4v) is 1.33. The summed E-state index contributed by atoms with van der Waals surface area (Å²) in [6.45, 7) is 2.68. The van der Waals surface area contributed by atoms with E-state index in [2.05, 4.69) is 20.3 Å². The molecule has 0 aromatic carbocycles. The largest absolute Gasteiger partial charge is 0.384 e. The van der Waals surface area contributed by atoms with E-state index in [1.54, 1.807) is 18.5 Å². The SMILES string of the molecule is Cc1cnccc1CNc1nccc(N)n1. The standard InChI is InChI=1S/C11H13N5/c1-8-6-13-4-2-9(8)7-15-11-14-5-3-10(12)16-11/h2-6H,7H2,1H3,(H3,12,14,15,16). The zero-order chi connectivity index (χ0) is 11.4. The van der Waals surface area contributed by atoms with Crippen LogP contribution < -0.4 is 11.1 Å². The topological polar surface area (TPSA) is 76.7 Å². The van der Waals surface area contributed by atoms with Crippen molar-refractivity contribution in [1.29, 1.82) is 0 Å². The highest BCUT2D eigenvalue weighted by atomic mass is 15.1. The van der Waals surface area contributed by atoms with E-state index < -0.39 is 0 Å². The average molecular weight is 215 g/mol. The lowest BCUT2D eigenvalue weighted by molar-refractivity contribution is 1.03. The number of aromatic nitrogens is 3. The smallest absolute Gasteiger partial charge is 0.224 e. The lowest BCUT2D eigenvalue weighted by Gasteiger charge is -2.06. The van der Waals surface area contributed by atoms with Crippen LogP contribution in [0.2, 0.25) is 0 Å². The van der Waals surface area contributed by atoms with Gasteiger partial charge in [0.1, 0.15) is 5.82 Å². The van der Waals surface area contributed by atoms with Crippen molar-refractivity contribution in [2.24, 2.45) is 0 Å². The first-order valence-corrected chi connectivity index (χ1v) is 4.97. The number of nitrogens with two attached hydrogens (primary N) is 1. The monoisotopic (exact) mass is 215 g/mol. The van der Waals surface area contributed by atoms with Gasteiger partial charge in [0, 0.05) is 25.1 Å². The predicted molar refractivity (Wildman–Crippen MR) is 62.7 cm³/mol. The first kappa shape index (κ1) is 10.4. The molecule has 16 heavy (non-hydrogen) atoms. The maximum atomic E-state index is 5.56. The molecule has 0 unspecified atom stereocenters. The van der Waals surface area contributed by atoms with Crippen LogP contribution in [0.3, 0.4) is 0 Å². The molecule has 0 atom stereocenters. The van der Waals surface area contributed by atoms with Crippen LogP contribution in [0.25, 0.3) is 0 Å². The van der Waals surface area contributed by atoms with Gasteiger partial charge in [0.05, 0.1) is 0 Å². The highest BCUT2D eigenvalue weighted by Gasteiger charge is 1.99. The first-order valence-electron chi connectivity index (χ1n) is 4.97. The lowest BCUT2D eigenvalue weighted by atomic mass is 10.1. The van der Waals surface area contributed by atoms with Gasteiger partial charge >= 0.3 is 0 Å². The van der Waals surface area contributed by atoms with Crippen molar-refractivity contribution in [3.8, 4) is 0 Å². The van der Waals surface area contributed by atoms with Crippen LogP contribution in [-0.2, 0) is 6.54 Å². The van der Waals surface area contributed by atoms with E-state index in [4.69, 9.17) is 5.73 Å². The molecule has 0 aliphatic heterocycles. The summed E-state index contributed by atoms with van der Waals surface area (Å²) < 4.78 is 0. The van der Waals surface area contributed by atoms with E-state index in [0.29, 0.717) is 18.3 Å². The van der Waals surface area contributed by atoms with Gasteiger partial charge in [0.25, 0.3) is 0 Å². The van der Waals surface area contributed by atoms with Crippen molar-refractivity contribution in [3.63, 3.8) is 0 Å². The third kappa shape index (κ3) is 2.44. The van der Waals surface area contributed by atoms with Crippen LogP contribution in [0.15, 0.2) is 30.7 Å². The van der Waals surface area contributed by atoms with Crippen LogP contribution in [0, 0.1) is 6.92 Å². The van der Waals surface area contributed by atoms with E-state index in [-0.39, 0.29) is 0 Å². The number of hydrogen-bond acceptors (Lipinski definition) is 5. The molecule has 0 radical (unpaired) electrons. The van der Waals surface area contributed by atoms with E-state index >= 15 is 0 Å². The Hall–Kier alpha value is -2.17. The number of rotatable bonds is 3. The maximum absolute atomic E-state index is 5.56. The Balaban J connectivity index is 2.05. The molecule has 3 N–H and O–H groups in total. The molecule has 5 heteroatoms. The zero-order valence-corrected chi connectivity index (χ0v) is 9.01. The van der Waals surface area contributed by atoms with E-state index in [1.165, 1.54) is 5.56 Å².